The Kier molecular flexibility index (Phi) is 21.2. The van der Waals surface area contributed by atoms with E-state index >= 15 is 0 Å². The zero-order chi connectivity index (χ0) is 49.9. The van der Waals surface area contributed by atoms with Crippen molar-refractivity contribution in [3.05, 3.63) is 215 Å². The molecule has 8 rings (SSSR count). The molecule has 17 heteroatoms. The first-order valence-corrected chi connectivity index (χ1v) is 24.7. The maximum absolute atomic E-state index is 14.1. The molecule has 0 unspecified atom stereocenters. The Morgan fingerprint density at radius 1 is 0.466 bits per heavy atom. The third-order valence-corrected chi connectivity index (χ3v) is 13.4. The molecule has 2 heterocycles. The number of hydrogen-bond donors (Lipinski definition) is 0. The molecule has 73 heavy (non-hydrogen) atoms. The number of ether oxygens (including phenoxy) is 10. The molecule has 0 N–H and O–H groups in total. The van der Waals surface area contributed by atoms with Crippen LogP contribution in [0.5, 0.6) is 0 Å². The number of benzene rings is 6. The monoisotopic (exact) mass is 1010 g/mol. The second kappa shape index (κ2) is 28.4. The highest BCUT2D eigenvalue weighted by atomic mass is 31.2. The Morgan fingerprint density at radius 2 is 0.890 bits per heavy atom. The first-order valence-electron chi connectivity index (χ1n) is 23.5. The Morgan fingerprint density at radius 3 is 1.36 bits per heavy atom. The van der Waals surface area contributed by atoms with Crippen molar-refractivity contribution < 1.29 is 70.8 Å². The zero-order valence-corrected chi connectivity index (χ0v) is 41.3. The Bertz CT molecular complexity index is 2550. The van der Waals surface area contributed by atoms with Gasteiger partial charge in [0.2, 0.25) is 8.38 Å². The van der Waals surface area contributed by atoms with Crippen LogP contribution < -0.4 is 0 Å². The molecular formula is C56H57BO15P. The molecule has 15 nitrogen and oxygen atoms in total. The summed E-state index contributed by atoms with van der Waals surface area (Å²) in [7, 11) is 0.694. The molecular weight excluding hydrogens is 954 g/mol. The van der Waals surface area contributed by atoms with Gasteiger partial charge in [-0.15, -0.1) is 0 Å². The van der Waals surface area contributed by atoms with Crippen LogP contribution in [0.25, 0.3) is 0 Å². The van der Waals surface area contributed by atoms with Crippen molar-refractivity contribution >= 4 is 34.7 Å². The van der Waals surface area contributed by atoms with Crippen molar-refractivity contribution in [2.75, 3.05) is 34.2 Å². The smallest absolute Gasteiger partial charge is 0.338 e. The van der Waals surface area contributed by atoms with Gasteiger partial charge in [0.05, 0.1) is 49.7 Å². The van der Waals surface area contributed by atoms with Crippen LogP contribution in [-0.4, -0.2) is 115 Å². The summed E-state index contributed by atoms with van der Waals surface area (Å²) in [6, 6.07) is 54.0. The fourth-order valence-electron chi connectivity index (χ4n) is 8.10. The normalized spacial score (nSPS) is 23.6. The van der Waals surface area contributed by atoms with Crippen LogP contribution in [0.3, 0.4) is 0 Å². The summed E-state index contributed by atoms with van der Waals surface area (Å²) in [6.45, 7) is 0.215. The lowest BCUT2D eigenvalue weighted by molar-refractivity contribution is -0.291. The van der Waals surface area contributed by atoms with E-state index in [-0.39, 0.29) is 64.9 Å². The minimum absolute atomic E-state index is 0. The largest absolute Gasteiger partial charge is 0.452 e. The predicted octanol–water partition coefficient (Wildman–Crippen LogP) is 8.72. The van der Waals surface area contributed by atoms with Gasteiger partial charge in [-0.3, -0.25) is 0 Å². The standard InChI is InChI=1S/C56H57O15P.B/c1-60-38-65-56-51(64-35-41-25-13-5-14-26-41)47(63-34-40-23-11-4-12-24-40)46(36-62-33-39-21-9-3-10-22-39)71-72(56)66-37-45-48(68-52(57)42-27-15-6-16-28-42)49(69-53(58)43-29-17-7-18-30-43)50(55(61-2)67-45)70-54(59)44-31-19-8-20-32-44;/h3-32,45-51,55-56H,33-38H2,1-2H3;/t45-,46-,47-,48-,49+,50-,51+,55+,56+,72+;/m1./s1. The summed E-state index contributed by atoms with van der Waals surface area (Å²) in [5, 5.41) is 0. The summed E-state index contributed by atoms with van der Waals surface area (Å²) in [6.07, 6.45) is -9.44. The highest BCUT2D eigenvalue weighted by Gasteiger charge is 2.55. The highest BCUT2D eigenvalue weighted by Crippen LogP contribution is 2.54. The van der Waals surface area contributed by atoms with Crippen LogP contribution in [0.1, 0.15) is 47.8 Å². The van der Waals surface area contributed by atoms with Crippen molar-refractivity contribution in [1.29, 1.82) is 0 Å². The van der Waals surface area contributed by atoms with Crippen LogP contribution in [0.2, 0.25) is 0 Å². The van der Waals surface area contributed by atoms with E-state index in [0.717, 1.165) is 16.7 Å². The summed E-state index contributed by atoms with van der Waals surface area (Å²) >= 11 is 0. The van der Waals surface area contributed by atoms with Crippen LogP contribution >= 0.6 is 8.38 Å². The van der Waals surface area contributed by atoms with E-state index in [9.17, 15) is 14.4 Å². The van der Waals surface area contributed by atoms with Gasteiger partial charge in [-0.05, 0) is 53.1 Å². The maximum atomic E-state index is 14.1. The first-order chi connectivity index (χ1) is 35.4. The van der Waals surface area contributed by atoms with Crippen LogP contribution in [0.15, 0.2) is 182 Å². The lowest BCUT2D eigenvalue weighted by atomic mass is 9.97. The Balaban J connectivity index is 0.00000780. The second-order valence-electron chi connectivity index (χ2n) is 16.7. The number of carbonyl (C=O) groups is 3. The predicted molar refractivity (Wildman–Crippen MR) is 269 cm³/mol. The molecule has 379 valence electrons. The van der Waals surface area contributed by atoms with Gasteiger partial charge in [0.15, 0.2) is 30.4 Å². The lowest BCUT2D eigenvalue weighted by Crippen LogP contribution is -2.63. The number of hydrogen-bond acceptors (Lipinski definition) is 15. The summed E-state index contributed by atoms with van der Waals surface area (Å²) in [4.78, 5) is 42.0. The average molecular weight is 1010 g/mol. The van der Waals surface area contributed by atoms with E-state index in [1.165, 1.54) is 14.2 Å². The molecule has 10 atom stereocenters. The van der Waals surface area contributed by atoms with Crippen LogP contribution in [0, 0.1) is 0 Å². The van der Waals surface area contributed by atoms with Crippen LogP contribution in [0.4, 0.5) is 0 Å². The average Bonchev–Trinajstić information content (AvgIpc) is 3.43. The molecule has 0 spiro atoms. The van der Waals surface area contributed by atoms with Gasteiger partial charge in [-0.2, -0.15) is 0 Å². The molecule has 0 bridgehead atoms. The quantitative estimate of drug-likeness (QED) is 0.0197. The first kappa shape index (κ1) is 54.6. The molecule has 2 aliphatic rings. The maximum Gasteiger partial charge on any atom is 0.338 e. The van der Waals surface area contributed by atoms with E-state index in [4.69, 9.17) is 56.4 Å². The van der Waals surface area contributed by atoms with Gasteiger partial charge in [0.1, 0.15) is 31.2 Å². The molecule has 0 aromatic heterocycles. The van der Waals surface area contributed by atoms with Gasteiger partial charge in [-0.1, -0.05) is 146 Å². The SMILES string of the molecule is COCO[C@@H]1[C@@H](OCc2ccccc2)[C@H](OCc2ccccc2)[C@@H](COCc2ccccc2)O[P@]1OC[C@H]1O[C@H](OC)[C@H](OC(=O)c2ccccc2)[C@@H](OC(=O)c2ccccc2)[C@@H]1OC(=O)c1ccccc1.[B]. The van der Waals surface area contributed by atoms with E-state index in [0.29, 0.717) is 0 Å². The molecule has 2 aliphatic heterocycles. The Labute approximate surface area is 428 Å². The topological polar surface area (TPSA) is 162 Å². The number of esters is 3. The van der Waals surface area contributed by atoms with Crippen molar-refractivity contribution in [2.45, 2.75) is 74.7 Å². The van der Waals surface area contributed by atoms with E-state index in [1.54, 1.807) is 91.0 Å². The van der Waals surface area contributed by atoms with Crippen molar-refractivity contribution in [3.63, 3.8) is 0 Å². The van der Waals surface area contributed by atoms with Crippen LogP contribution in [-0.2, 0) is 76.2 Å². The number of carbonyl (C=O) groups excluding carboxylic acids is 3. The van der Waals surface area contributed by atoms with Gasteiger partial charge in [0, 0.05) is 22.6 Å². The van der Waals surface area contributed by atoms with Crippen molar-refractivity contribution in [2.24, 2.45) is 0 Å². The van der Waals surface area contributed by atoms with Crippen molar-refractivity contribution in [3.8, 4) is 0 Å². The minimum atomic E-state index is -2.16. The summed E-state index contributed by atoms with van der Waals surface area (Å²) in [5.41, 5.74) is 3.39. The van der Waals surface area contributed by atoms with Gasteiger partial charge in [-0.25, -0.2) is 14.4 Å². The molecule has 0 aliphatic carbocycles. The molecule has 6 aromatic carbocycles. The zero-order valence-electron chi connectivity index (χ0n) is 40.4. The lowest BCUT2D eigenvalue weighted by Gasteiger charge is -2.46. The highest BCUT2D eigenvalue weighted by molar-refractivity contribution is 7.48. The van der Waals surface area contributed by atoms with Gasteiger partial charge < -0.3 is 56.4 Å². The third-order valence-electron chi connectivity index (χ3n) is 11.7. The Hall–Kier alpha value is -6.14. The number of methoxy groups -OCH3 is 2. The fraction of sp³-hybridized carbons (Fsp3) is 0.304. The van der Waals surface area contributed by atoms with Gasteiger partial charge >= 0.3 is 17.9 Å². The summed E-state index contributed by atoms with van der Waals surface area (Å²) < 4.78 is 76.5. The molecule has 0 saturated carbocycles. The molecule has 2 saturated heterocycles. The molecule has 6 aromatic rings. The number of rotatable bonds is 23. The molecule has 2 fully saturated rings. The second-order valence-corrected chi connectivity index (χ2v) is 18.2. The summed E-state index contributed by atoms with van der Waals surface area (Å²) in [5.74, 6) is -3.28. The minimum Gasteiger partial charge on any atom is -0.452 e. The molecule has 0 amide bonds. The fourth-order valence-corrected chi connectivity index (χ4v) is 9.85. The van der Waals surface area contributed by atoms with E-state index in [2.05, 4.69) is 0 Å². The van der Waals surface area contributed by atoms with Gasteiger partial charge in [0.25, 0.3) is 0 Å². The van der Waals surface area contributed by atoms with E-state index < -0.39 is 81.1 Å². The third kappa shape index (κ3) is 15.2. The van der Waals surface area contributed by atoms with E-state index in [1.807, 2.05) is 91.0 Å². The molecule has 3 radical (unpaired) electrons. The van der Waals surface area contributed by atoms with Crippen molar-refractivity contribution in [1.82, 2.24) is 0 Å².